The van der Waals surface area contributed by atoms with Crippen LogP contribution in [0.5, 0.6) is 0 Å². The van der Waals surface area contributed by atoms with Crippen LogP contribution in [0.2, 0.25) is 5.02 Å². The predicted molar refractivity (Wildman–Crippen MR) is 93.0 cm³/mol. The molecular weight excluding hydrogens is 391 g/mol. The van der Waals surface area contributed by atoms with Crippen LogP contribution in [0.25, 0.3) is 0 Å². The van der Waals surface area contributed by atoms with E-state index < -0.39 is 15.8 Å². The molecular formula is C14H16ClFN4O3S2. The lowest BCUT2D eigenvalue weighted by molar-refractivity contribution is 0.179. The number of rotatable bonds is 5. The summed E-state index contributed by atoms with van der Waals surface area (Å²) in [6, 6.07) is 3.43. The van der Waals surface area contributed by atoms with Gasteiger partial charge in [-0.2, -0.15) is 8.68 Å². The minimum atomic E-state index is -3.71. The SMILES string of the molecule is COCc1nsc(N2CCN(S(=O)(=O)c3ccc(F)c(Cl)c3)CC2)n1. The Morgan fingerprint density at radius 3 is 2.68 bits per heavy atom. The molecule has 0 aliphatic carbocycles. The van der Waals surface area contributed by atoms with E-state index in [9.17, 15) is 12.8 Å². The number of halogens is 2. The van der Waals surface area contributed by atoms with Gasteiger partial charge in [0.1, 0.15) is 12.4 Å². The van der Waals surface area contributed by atoms with Gasteiger partial charge < -0.3 is 9.64 Å². The van der Waals surface area contributed by atoms with Crippen LogP contribution in [0.4, 0.5) is 9.52 Å². The van der Waals surface area contributed by atoms with Gasteiger partial charge in [-0.1, -0.05) is 11.6 Å². The Kier molecular flexibility index (Phi) is 5.54. The van der Waals surface area contributed by atoms with Gasteiger partial charge in [-0.3, -0.25) is 0 Å². The molecule has 1 aliphatic rings. The lowest BCUT2D eigenvalue weighted by atomic mass is 10.3. The minimum Gasteiger partial charge on any atom is -0.377 e. The van der Waals surface area contributed by atoms with E-state index in [-0.39, 0.29) is 9.92 Å². The Balaban J connectivity index is 1.69. The standard InChI is InChI=1S/C14H16ClFN4O3S2/c1-23-9-13-17-14(24-18-13)19-4-6-20(7-5-19)25(21,22)10-2-3-12(16)11(15)8-10/h2-3,8H,4-7,9H2,1H3. The highest BCUT2D eigenvalue weighted by molar-refractivity contribution is 7.89. The van der Waals surface area contributed by atoms with Crippen molar-refractivity contribution in [1.29, 1.82) is 0 Å². The van der Waals surface area contributed by atoms with Crippen LogP contribution < -0.4 is 4.90 Å². The van der Waals surface area contributed by atoms with Crippen LogP contribution in [-0.2, 0) is 21.4 Å². The fraction of sp³-hybridized carbons (Fsp3) is 0.429. The van der Waals surface area contributed by atoms with Gasteiger partial charge in [-0.05, 0) is 18.2 Å². The van der Waals surface area contributed by atoms with E-state index in [1.165, 1.54) is 21.9 Å². The van der Waals surface area contributed by atoms with Crippen molar-refractivity contribution in [3.8, 4) is 0 Å². The van der Waals surface area contributed by atoms with Gasteiger partial charge in [-0.15, -0.1) is 0 Å². The quantitative estimate of drug-likeness (QED) is 0.755. The number of sulfonamides is 1. The second-order valence-corrected chi connectivity index (χ2v) is 8.47. The van der Waals surface area contributed by atoms with Gasteiger partial charge in [0, 0.05) is 44.8 Å². The van der Waals surface area contributed by atoms with Gasteiger partial charge in [-0.25, -0.2) is 17.8 Å². The molecule has 0 saturated carbocycles. The van der Waals surface area contributed by atoms with Crippen LogP contribution in [-0.4, -0.2) is 55.4 Å². The van der Waals surface area contributed by atoms with Crippen molar-refractivity contribution < 1.29 is 17.5 Å². The normalized spacial score (nSPS) is 16.4. The molecule has 0 spiro atoms. The van der Waals surface area contributed by atoms with Crippen molar-refractivity contribution in [3.05, 3.63) is 34.9 Å². The first-order chi connectivity index (χ1) is 11.9. The van der Waals surface area contributed by atoms with E-state index in [2.05, 4.69) is 9.36 Å². The molecule has 25 heavy (non-hydrogen) atoms. The van der Waals surface area contributed by atoms with Crippen molar-refractivity contribution in [1.82, 2.24) is 13.7 Å². The summed E-state index contributed by atoms with van der Waals surface area (Å²) in [6.45, 7) is 1.94. The van der Waals surface area contributed by atoms with Gasteiger partial charge in [0.15, 0.2) is 5.82 Å². The summed E-state index contributed by atoms with van der Waals surface area (Å²) in [5.74, 6) is -0.0351. The summed E-state index contributed by atoms with van der Waals surface area (Å²) >= 11 is 6.96. The van der Waals surface area contributed by atoms with Gasteiger partial charge in [0.25, 0.3) is 0 Å². The second kappa shape index (κ2) is 7.50. The summed E-state index contributed by atoms with van der Waals surface area (Å²) in [6.07, 6.45) is 0. The topological polar surface area (TPSA) is 75.6 Å². The number of piperazine rings is 1. The van der Waals surface area contributed by atoms with Crippen molar-refractivity contribution in [2.24, 2.45) is 0 Å². The molecule has 11 heteroatoms. The lowest BCUT2D eigenvalue weighted by Gasteiger charge is -2.33. The monoisotopic (exact) mass is 406 g/mol. The summed E-state index contributed by atoms with van der Waals surface area (Å²) in [5, 5.41) is 0.535. The second-order valence-electron chi connectivity index (χ2n) is 5.39. The average molecular weight is 407 g/mol. The molecule has 0 N–H and O–H groups in total. The number of methoxy groups -OCH3 is 1. The number of benzene rings is 1. The fourth-order valence-corrected chi connectivity index (χ4v) is 4.89. The zero-order valence-corrected chi connectivity index (χ0v) is 15.7. The van der Waals surface area contributed by atoms with Crippen molar-refractivity contribution in [3.63, 3.8) is 0 Å². The number of aromatic nitrogens is 2. The first-order valence-electron chi connectivity index (χ1n) is 7.43. The Hall–Kier alpha value is -1.33. The molecule has 1 aromatic heterocycles. The van der Waals surface area contributed by atoms with Crippen LogP contribution in [0.1, 0.15) is 5.82 Å². The Morgan fingerprint density at radius 2 is 2.04 bits per heavy atom. The first kappa shape index (κ1) is 18.5. The van der Waals surface area contributed by atoms with E-state index in [0.717, 1.165) is 17.3 Å². The highest BCUT2D eigenvalue weighted by Crippen LogP contribution is 2.25. The Morgan fingerprint density at radius 1 is 1.32 bits per heavy atom. The Bertz CT molecular complexity index is 854. The highest BCUT2D eigenvalue weighted by atomic mass is 35.5. The van der Waals surface area contributed by atoms with Crippen LogP contribution >= 0.6 is 23.1 Å². The smallest absolute Gasteiger partial charge is 0.243 e. The molecule has 136 valence electrons. The van der Waals surface area contributed by atoms with E-state index in [1.807, 2.05) is 4.90 Å². The molecule has 0 bridgehead atoms. The summed E-state index contributed by atoms with van der Waals surface area (Å²) < 4.78 is 49.1. The summed E-state index contributed by atoms with van der Waals surface area (Å²) in [5.41, 5.74) is 0. The summed E-state index contributed by atoms with van der Waals surface area (Å²) in [7, 11) is -2.13. The molecule has 1 fully saturated rings. The van der Waals surface area contributed by atoms with Gasteiger partial charge in [0.05, 0.1) is 9.92 Å². The van der Waals surface area contributed by atoms with Crippen molar-refractivity contribution in [2.75, 3.05) is 38.2 Å². The number of hydrogen-bond acceptors (Lipinski definition) is 7. The molecule has 2 heterocycles. The predicted octanol–water partition coefficient (Wildman–Crippen LogP) is 1.99. The molecule has 2 aromatic rings. The number of ether oxygens (including phenoxy) is 1. The molecule has 0 atom stereocenters. The molecule has 0 radical (unpaired) electrons. The average Bonchev–Trinajstić information content (AvgIpc) is 3.06. The van der Waals surface area contributed by atoms with Gasteiger partial charge >= 0.3 is 0 Å². The summed E-state index contributed by atoms with van der Waals surface area (Å²) in [4.78, 5) is 6.35. The van der Waals surface area contributed by atoms with E-state index in [4.69, 9.17) is 16.3 Å². The van der Waals surface area contributed by atoms with Crippen LogP contribution in [0, 0.1) is 5.82 Å². The third kappa shape index (κ3) is 3.93. The van der Waals surface area contributed by atoms with E-state index >= 15 is 0 Å². The van der Waals surface area contributed by atoms with Crippen LogP contribution in [0.15, 0.2) is 23.1 Å². The molecule has 3 rings (SSSR count). The number of hydrogen-bond donors (Lipinski definition) is 0. The van der Waals surface area contributed by atoms with E-state index in [1.54, 1.807) is 7.11 Å². The van der Waals surface area contributed by atoms with Crippen molar-refractivity contribution in [2.45, 2.75) is 11.5 Å². The lowest BCUT2D eigenvalue weighted by Crippen LogP contribution is -2.48. The molecule has 1 saturated heterocycles. The third-order valence-corrected chi connectivity index (χ3v) is 6.77. The highest BCUT2D eigenvalue weighted by Gasteiger charge is 2.30. The number of nitrogens with zero attached hydrogens (tertiary/aromatic N) is 4. The molecule has 0 unspecified atom stereocenters. The maximum atomic E-state index is 13.3. The number of anilines is 1. The van der Waals surface area contributed by atoms with E-state index in [0.29, 0.717) is 38.6 Å². The maximum Gasteiger partial charge on any atom is 0.243 e. The largest absolute Gasteiger partial charge is 0.377 e. The third-order valence-electron chi connectivity index (χ3n) is 3.77. The van der Waals surface area contributed by atoms with Gasteiger partial charge in [0.2, 0.25) is 15.2 Å². The minimum absolute atomic E-state index is 0.00866. The molecule has 0 amide bonds. The van der Waals surface area contributed by atoms with Crippen LogP contribution in [0.3, 0.4) is 0 Å². The molecule has 1 aliphatic heterocycles. The fourth-order valence-electron chi connectivity index (χ4n) is 2.47. The molecule has 1 aromatic carbocycles. The Labute approximate surface area is 154 Å². The zero-order chi connectivity index (χ0) is 18.0. The molecule has 7 nitrogen and oxygen atoms in total. The first-order valence-corrected chi connectivity index (χ1v) is 10.0. The van der Waals surface area contributed by atoms with Crippen molar-refractivity contribution >= 4 is 38.3 Å². The maximum absolute atomic E-state index is 13.3. The zero-order valence-electron chi connectivity index (χ0n) is 13.4.